The van der Waals surface area contributed by atoms with Crippen LogP contribution in [0.5, 0.6) is 17.8 Å². The summed E-state index contributed by atoms with van der Waals surface area (Å²) in [6.07, 6.45) is -1.78. The smallest absolute Gasteiger partial charge is 0.347 e. The molecule has 3 aromatic carbocycles. The molecule has 3 N–H and O–H groups in total. The number of nitrogens with zero attached hydrogens (tertiary/aromatic N) is 3. The van der Waals surface area contributed by atoms with E-state index in [0.29, 0.717) is 11.1 Å². The molecule has 0 aliphatic carbocycles. The number of hydrogen-bond donors (Lipinski definition) is 3. The van der Waals surface area contributed by atoms with Crippen LogP contribution in [-0.2, 0) is 19.9 Å². The van der Waals surface area contributed by atoms with Crippen LogP contribution in [-0.4, -0.2) is 64.9 Å². The van der Waals surface area contributed by atoms with Gasteiger partial charge in [0.15, 0.2) is 6.04 Å². The zero-order valence-electron chi connectivity index (χ0n) is 23.2. The number of methoxy groups -OCH3 is 2. The molecule has 0 radical (unpaired) electrons. The van der Waals surface area contributed by atoms with E-state index in [0.717, 1.165) is 0 Å². The number of aromatic nitrogens is 2. The van der Waals surface area contributed by atoms with Crippen LogP contribution in [0.25, 0.3) is 0 Å². The first kappa shape index (κ1) is 29.0. The van der Waals surface area contributed by atoms with Crippen LogP contribution >= 0.6 is 0 Å². The van der Waals surface area contributed by atoms with Gasteiger partial charge < -0.3 is 24.4 Å². The molecule has 2 heterocycles. The van der Waals surface area contributed by atoms with E-state index >= 15 is 0 Å². The molecule has 0 bridgehead atoms. The predicted molar refractivity (Wildman–Crippen MR) is 153 cm³/mol. The highest BCUT2D eigenvalue weighted by molar-refractivity contribution is 6.02. The molecular formula is C31H28N4O8. The van der Waals surface area contributed by atoms with Crippen molar-refractivity contribution in [2.45, 2.75) is 17.7 Å². The highest BCUT2D eigenvalue weighted by Gasteiger charge is 2.53. The van der Waals surface area contributed by atoms with E-state index in [-0.39, 0.29) is 29.0 Å². The van der Waals surface area contributed by atoms with Crippen molar-refractivity contribution in [2.24, 2.45) is 0 Å². The number of fused-ring (bicyclic) bond motifs is 1. The Hall–Kier alpha value is -5.49. The third kappa shape index (κ3) is 5.43. The molecule has 1 aromatic heterocycles. The van der Waals surface area contributed by atoms with Crippen molar-refractivity contribution in [3.8, 4) is 17.8 Å². The minimum atomic E-state index is -1.78. The largest absolute Gasteiger partial charge is 0.481 e. The first-order valence-electron chi connectivity index (χ1n) is 13.2. The molecule has 0 spiro atoms. The SMILES string of the molecule is COc1cc(OC)nc(O[C@H](C(=O)O)[C@@]2(c3ccccc3)NCC(=O)N(C(C(=O)O)c3ccccc3)c3ccccc32)n1. The second-order valence-electron chi connectivity index (χ2n) is 9.53. The summed E-state index contributed by atoms with van der Waals surface area (Å²) in [4.78, 5) is 49.3. The Morgan fingerprint density at radius 2 is 1.44 bits per heavy atom. The molecule has 12 nitrogen and oxygen atoms in total. The van der Waals surface area contributed by atoms with Gasteiger partial charge in [-0.15, -0.1) is 0 Å². The average Bonchev–Trinajstić information content (AvgIpc) is 3.15. The molecule has 1 amide bonds. The number of carbonyl (C=O) groups excluding carboxylic acids is 1. The fourth-order valence-corrected chi connectivity index (χ4v) is 5.29. The van der Waals surface area contributed by atoms with Crippen molar-refractivity contribution >= 4 is 23.5 Å². The van der Waals surface area contributed by atoms with Gasteiger partial charge in [-0.05, 0) is 17.2 Å². The first-order valence-corrected chi connectivity index (χ1v) is 13.2. The molecule has 0 saturated carbocycles. The van der Waals surface area contributed by atoms with Crippen LogP contribution in [0.2, 0.25) is 0 Å². The maximum Gasteiger partial charge on any atom is 0.347 e. The lowest BCUT2D eigenvalue weighted by molar-refractivity contribution is -0.149. The van der Waals surface area contributed by atoms with E-state index in [4.69, 9.17) is 14.2 Å². The number of rotatable bonds is 10. The summed E-state index contributed by atoms with van der Waals surface area (Å²) in [5.41, 5.74) is -0.458. The number of amides is 1. The number of benzene rings is 3. The van der Waals surface area contributed by atoms with Crippen molar-refractivity contribution in [1.82, 2.24) is 15.3 Å². The van der Waals surface area contributed by atoms with E-state index in [9.17, 15) is 24.6 Å². The maximum atomic E-state index is 13.9. The summed E-state index contributed by atoms with van der Waals surface area (Å²) in [6.45, 7) is -0.435. The van der Waals surface area contributed by atoms with Crippen LogP contribution < -0.4 is 24.4 Å². The van der Waals surface area contributed by atoms with E-state index in [1.165, 1.54) is 25.2 Å². The minimum absolute atomic E-state index is 0.0717. The Kier molecular flexibility index (Phi) is 8.21. The van der Waals surface area contributed by atoms with Gasteiger partial charge in [0.05, 0.1) is 32.5 Å². The van der Waals surface area contributed by atoms with E-state index in [1.807, 2.05) is 0 Å². The van der Waals surface area contributed by atoms with Crippen LogP contribution in [0, 0.1) is 0 Å². The molecule has 43 heavy (non-hydrogen) atoms. The molecule has 12 heteroatoms. The highest BCUT2D eigenvalue weighted by Crippen LogP contribution is 2.44. The molecule has 1 aliphatic rings. The molecule has 0 fully saturated rings. The third-order valence-corrected chi connectivity index (χ3v) is 7.13. The summed E-state index contributed by atoms with van der Waals surface area (Å²) in [5, 5.41) is 24.2. The summed E-state index contributed by atoms with van der Waals surface area (Å²) >= 11 is 0. The van der Waals surface area contributed by atoms with Crippen LogP contribution in [0.3, 0.4) is 0 Å². The summed E-state index contributed by atoms with van der Waals surface area (Å²) in [5.74, 6) is -3.12. The Balaban J connectivity index is 1.77. The molecular weight excluding hydrogens is 556 g/mol. The van der Waals surface area contributed by atoms with Gasteiger partial charge in [-0.1, -0.05) is 78.9 Å². The number of carboxylic acids is 2. The second kappa shape index (κ2) is 12.2. The Morgan fingerprint density at radius 1 is 0.860 bits per heavy atom. The normalized spacial score (nSPS) is 17.6. The van der Waals surface area contributed by atoms with Gasteiger partial charge in [0.1, 0.15) is 5.54 Å². The third-order valence-electron chi connectivity index (χ3n) is 7.13. The van der Waals surface area contributed by atoms with Gasteiger partial charge in [-0.3, -0.25) is 15.0 Å². The van der Waals surface area contributed by atoms with Crippen molar-refractivity contribution in [3.05, 3.63) is 108 Å². The first-order chi connectivity index (χ1) is 20.8. The lowest BCUT2D eigenvalue weighted by Crippen LogP contribution is -2.58. The Bertz CT molecular complexity index is 1610. The molecule has 220 valence electrons. The van der Waals surface area contributed by atoms with E-state index in [2.05, 4.69) is 15.3 Å². The summed E-state index contributed by atoms with van der Waals surface area (Å²) < 4.78 is 16.5. The van der Waals surface area contributed by atoms with Gasteiger partial charge in [0, 0.05) is 5.56 Å². The van der Waals surface area contributed by atoms with Crippen molar-refractivity contribution < 1.29 is 38.8 Å². The number of ether oxygens (including phenoxy) is 3. The number of nitrogens with one attached hydrogen (secondary N) is 1. The molecule has 1 unspecified atom stereocenters. The highest BCUT2D eigenvalue weighted by atomic mass is 16.5. The molecule has 5 rings (SSSR count). The number of aliphatic carboxylic acids is 2. The Morgan fingerprint density at radius 3 is 2.02 bits per heavy atom. The number of para-hydroxylation sites is 1. The fraction of sp³-hybridized carbons (Fsp3) is 0.194. The average molecular weight is 585 g/mol. The molecule has 0 saturated heterocycles. The van der Waals surface area contributed by atoms with Gasteiger partial charge in [0.25, 0.3) is 0 Å². The van der Waals surface area contributed by atoms with Crippen molar-refractivity contribution in [3.63, 3.8) is 0 Å². The second-order valence-corrected chi connectivity index (χ2v) is 9.53. The number of carbonyl (C=O) groups is 3. The summed E-state index contributed by atoms with van der Waals surface area (Å²) in [6, 6.07) is 23.1. The fourth-order valence-electron chi connectivity index (χ4n) is 5.29. The quantitative estimate of drug-likeness (QED) is 0.251. The van der Waals surface area contributed by atoms with Crippen LogP contribution in [0.4, 0.5) is 5.69 Å². The van der Waals surface area contributed by atoms with Crippen LogP contribution in [0.15, 0.2) is 91.0 Å². The Labute approximate surface area is 246 Å². The summed E-state index contributed by atoms with van der Waals surface area (Å²) in [7, 11) is 2.75. The monoisotopic (exact) mass is 584 g/mol. The molecule has 3 atom stereocenters. The van der Waals surface area contributed by atoms with Gasteiger partial charge in [0.2, 0.25) is 23.8 Å². The number of hydrogen-bond acceptors (Lipinski definition) is 9. The molecule has 1 aliphatic heterocycles. The van der Waals surface area contributed by atoms with E-state index in [1.54, 1.807) is 84.9 Å². The van der Waals surface area contributed by atoms with Gasteiger partial charge in [-0.25, -0.2) is 9.59 Å². The van der Waals surface area contributed by atoms with E-state index < -0.39 is 42.1 Å². The van der Waals surface area contributed by atoms with Gasteiger partial charge >= 0.3 is 17.9 Å². The van der Waals surface area contributed by atoms with Crippen molar-refractivity contribution in [2.75, 3.05) is 25.7 Å². The zero-order valence-corrected chi connectivity index (χ0v) is 23.2. The predicted octanol–water partition coefficient (Wildman–Crippen LogP) is 3.03. The molecule has 4 aromatic rings. The lowest BCUT2D eigenvalue weighted by Gasteiger charge is -2.39. The van der Waals surface area contributed by atoms with Crippen molar-refractivity contribution in [1.29, 1.82) is 0 Å². The number of anilines is 1. The standard InChI is InChI=1S/C31H28N4O8/c1-41-23-17-24(42-2)34-30(33-23)43-27(29(39)40)31(20-13-7-4-8-14-20)21-15-9-10-16-22(21)35(25(36)18-32-31)26(28(37)38)19-11-5-3-6-12-19/h3-17,26-27,32H,18H2,1-2H3,(H,37,38)(H,39,40)/t26?,27-,31+/m1/s1. The lowest BCUT2D eigenvalue weighted by atomic mass is 9.77. The van der Waals surface area contributed by atoms with Gasteiger partial charge in [-0.2, -0.15) is 9.97 Å². The minimum Gasteiger partial charge on any atom is -0.481 e. The van der Waals surface area contributed by atoms with Crippen LogP contribution in [0.1, 0.15) is 22.7 Å². The topological polar surface area (TPSA) is 160 Å². The number of carboxylic acid groups (broad SMARTS) is 2. The zero-order chi connectivity index (χ0) is 30.6. The maximum absolute atomic E-state index is 13.9.